The summed E-state index contributed by atoms with van der Waals surface area (Å²) in [6.07, 6.45) is 4.81. The van der Waals surface area contributed by atoms with Gasteiger partial charge in [-0.2, -0.15) is 0 Å². The van der Waals surface area contributed by atoms with Crippen LogP contribution in [0.25, 0.3) is 22.7 Å². The molecule has 7 nitrogen and oxygen atoms in total. The smallest absolute Gasteiger partial charge is 0.338 e. The van der Waals surface area contributed by atoms with E-state index in [2.05, 4.69) is 22.9 Å². The minimum Gasteiger partial charge on any atom is -0.496 e. The molecule has 2 aromatic carbocycles. The van der Waals surface area contributed by atoms with Crippen LogP contribution in [-0.2, 0) is 0 Å². The third-order valence-corrected chi connectivity index (χ3v) is 5.63. The summed E-state index contributed by atoms with van der Waals surface area (Å²) in [7, 11) is 1.38. The Morgan fingerprint density at radius 3 is 2.44 bits per heavy atom. The number of carboxylic acid groups (broad SMARTS) is 1. The molecule has 0 radical (unpaired) electrons. The van der Waals surface area contributed by atoms with Gasteiger partial charge < -0.3 is 19.4 Å². The van der Waals surface area contributed by atoms with Crippen LogP contribution in [0.2, 0.25) is 0 Å². The predicted molar refractivity (Wildman–Crippen MR) is 121 cm³/mol. The zero-order chi connectivity index (χ0) is 23.3. The first-order valence-corrected chi connectivity index (χ1v) is 10.6. The van der Waals surface area contributed by atoms with Crippen molar-refractivity contribution in [2.45, 2.75) is 37.7 Å². The summed E-state index contributed by atoms with van der Waals surface area (Å²) in [5, 5.41) is 23.0. The summed E-state index contributed by atoms with van der Waals surface area (Å²) in [4.78, 5) is 15.6. The molecular formula is C23H25FN2O5S. The Balaban J connectivity index is 0.00000141. The molecule has 170 valence electrons. The predicted octanol–water partition coefficient (Wildman–Crippen LogP) is 4.66. The number of nitrogens with two attached hydrogens (primary N) is 1. The highest BCUT2D eigenvalue weighted by atomic mass is 32.1. The van der Waals surface area contributed by atoms with E-state index >= 15 is 0 Å². The van der Waals surface area contributed by atoms with Crippen molar-refractivity contribution in [3.63, 3.8) is 0 Å². The number of oxazole rings is 1. The fourth-order valence-electron chi connectivity index (χ4n) is 3.92. The van der Waals surface area contributed by atoms with E-state index in [9.17, 15) is 14.3 Å². The maximum absolute atomic E-state index is 14.2. The topological polar surface area (TPSA) is 119 Å². The van der Waals surface area contributed by atoms with Gasteiger partial charge in [-0.05, 0) is 61.4 Å². The number of nitrogens with zero attached hydrogens (tertiary/aromatic N) is 1. The van der Waals surface area contributed by atoms with E-state index in [1.54, 1.807) is 0 Å². The van der Waals surface area contributed by atoms with E-state index < -0.39 is 17.3 Å². The van der Waals surface area contributed by atoms with Crippen LogP contribution in [0.3, 0.4) is 0 Å². The molecule has 0 unspecified atom stereocenters. The fraction of sp³-hybridized carbons (Fsp3) is 0.304. The average Bonchev–Trinajstić information content (AvgIpc) is 3.31. The monoisotopic (exact) mass is 460 g/mol. The Morgan fingerprint density at radius 2 is 1.84 bits per heavy atom. The number of aromatic carboxylic acids is 1. The van der Waals surface area contributed by atoms with Gasteiger partial charge in [0, 0.05) is 11.1 Å². The lowest BCUT2D eigenvalue weighted by atomic mass is 9.82. The van der Waals surface area contributed by atoms with Gasteiger partial charge >= 0.3 is 5.97 Å². The number of methoxy groups -OCH3 is 1. The number of hydrogen-bond donors (Lipinski definition) is 4. The number of carbonyl (C=O) groups is 1. The Labute approximate surface area is 190 Å². The number of aliphatic hydroxyl groups is 1. The van der Waals surface area contributed by atoms with Gasteiger partial charge in [0.25, 0.3) is 0 Å². The van der Waals surface area contributed by atoms with E-state index in [0.717, 1.165) is 43.4 Å². The van der Waals surface area contributed by atoms with Crippen LogP contribution in [0, 0.1) is 5.82 Å². The van der Waals surface area contributed by atoms with Crippen molar-refractivity contribution in [2.24, 2.45) is 5.14 Å². The third kappa shape index (κ3) is 5.12. The first kappa shape index (κ1) is 23.8. The molecule has 1 aliphatic carbocycles. The van der Waals surface area contributed by atoms with Crippen molar-refractivity contribution in [1.29, 1.82) is 0 Å². The number of thiol groups is 1. The van der Waals surface area contributed by atoms with Crippen molar-refractivity contribution in [2.75, 3.05) is 7.11 Å². The van der Waals surface area contributed by atoms with E-state index in [-0.39, 0.29) is 11.9 Å². The summed E-state index contributed by atoms with van der Waals surface area (Å²) < 4.78 is 25.0. The Bertz CT molecular complexity index is 1060. The van der Waals surface area contributed by atoms with Gasteiger partial charge in [-0.25, -0.2) is 14.2 Å². The molecule has 0 spiro atoms. The minimum absolute atomic E-state index is 0.183. The molecule has 1 fully saturated rings. The highest BCUT2D eigenvalue weighted by Gasteiger charge is 2.22. The SMILES string of the molecule is COc1cc(C(=O)O)c(F)cc1-c1coc(-c2ccc(C3CCC(O)CC3)cc2)n1.NS. The number of hydrogen-bond acceptors (Lipinski definition) is 7. The maximum Gasteiger partial charge on any atom is 0.338 e. The van der Waals surface area contributed by atoms with Gasteiger partial charge in [-0.15, -0.1) is 12.8 Å². The number of carboxylic acids is 1. The molecule has 9 heteroatoms. The van der Waals surface area contributed by atoms with Crippen LogP contribution in [0.5, 0.6) is 5.75 Å². The standard InChI is InChI=1S/C23H22FNO5.H3NS/c1-29-21-11-17(23(27)28)19(24)10-18(21)20-12-30-22(25-20)15-4-2-13(3-5-15)14-6-8-16(26)9-7-14;1-2/h2-5,10-12,14,16,26H,6-9H2,1H3,(H,27,28);2H,1H2. The van der Waals surface area contributed by atoms with Gasteiger partial charge in [0.15, 0.2) is 0 Å². The second kappa shape index (κ2) is 10.6. The highest BCUT2D eigenvalue weighted by Crippen LogP contribution is 2.36. The molecule has 1 aromatic heterocycles. The normalized spacial score (nSPS) is 17.9. The van der Waals surface area contributed by atoms with E-state index in [1.165, 1.54) is 18.9 Å². The Kier molecular flexibility index (Phi) is 7.89. The first-order valence-electron chi connectivity index (χ1n) is 10.1. The lowest BCUT2D eigenvalue weighted by Crippen LogP contribution is -2.16. The number of aliphatic hydroxyl groups excluding tert-OH is 1. The van der Waals surface area contributed by atoms with Crippen LogP contribution in [0.15, 0.2) is 47.1 Å². The molecule has 1 aliphatic rings. The van der Waals surface area contributed by atoms with Crippen LogP contribution in [0.4, 0.5) is 4.39 Å². The maximum atomic E-state index is 14.2. The molecule has 3 aromatic rings. The molecule has 0 bridgehead atoms. The first-order chi connectivity index (χ1) is 15.5. The molecule has 32 heavy (non-hydrogen) atoms. The van der Waals surface area contributed by atoms with Crippen molar-refractivity contribution in [1.82, 2.24) is 4.98 Å². The summed E-state index contributed by atoms with van der Waals surface area (Å²) >= 11 is 3.03. The largest absolute Gasteiger partial charge is 0.496 e. The van der Waals surface area contributed by atoms with Crippen LogP contribution in [0.1, 0.15) is 47.5 Å². The summed E-state index contributed by atoms with van der Waals surface area (Å²) in [5.41, 5.74) is 2.20. The van der Waals surface area contributed by atoms with E-state index in [0.29, 0.717) is 23.1 Å². The van der Waals surface area contributed by atoms with E-state index in [1.807, 2.05) is 24.3 Å². The summed E-state index contributed by atoms with van der Waals surface area (Å²) in [6, 6.07) is 10.2. The zero-order valence-electron chi connectivity index (χ0n) is 17.5. The number of rotatable bonds is 5. The van der Waals surface area contributed by atoms with E-state index in [4.69, 9.17) is 14.3 Å². The molecule has 4 N–H and O–H groups in total. The molecule has 0 saturated heterocycles. The lowest BCUT2D eigenvalue weighted by Gasteiger charge is -2.25. The highest BCUT2D eigenvalue weighted by molar-refractivity contribution is 7.77. The second-order valence-electron chi connectivity index (χ2n) is 7.50. The Morgan fingerprint density at radius 1 is 1.19 bits per heavy atom. The Hall–Kier alpha value is -2.88. The molecule has 0 aliphatic heterocycles. The number of benzene rings is 2. The van der Waals surface area contributed by atoms with Gasteiger partial charge in [0.1, 0.15) is 23.5 Å². The molecule has 0 amide bonds. The van der Waals surface area contributed by atoms with Crippen LogP contribution < -0.4 is 9.88 Å². The molecule has 1 saturated carbocycles. The molecular weight excluding hydrogens is 435 g/mol. The van der Waals surface area contributed by atoms with Crippen molar-refractivity contribution < 1.29 is 28.6 Å². The van der Waals surface area contributed by atoms with Gasteiger partial charge in [0.2, 0.25) is 5.89 Å². The fourth-order valence-corrected chi connectivity index (χ4v) is 3.92. The minimum atomic E-state index is -1.37. The summed E-state index contributed by atoms with van der Waals surface area (Å²) in [6.45, 7) is 0. The zero-order valence-corrected chi connectivity index (χ0v) is 18.4. The van der Waals surface area contributed by atoms with Gasteiger partial charge in [-0.3, -0.25) is 5.14 Å². The van der Waals surface area contributed by atoms with Crippen LogP contribution >= 0.6 is 12.8 Å². The van der Waals surface area contributed by atoms with Crippen molar-refractivity contribution in [3.05, 3.63) is 59.6 Å². The lowest BCUT2D eigenvalue weighted by molar-refractivity contribution is 0.0691. The van der Waals surface area contributed by atoms with Gasteiger partial charge in [0.05, 0.1) is 18.8 Å². The van der Waals surface area contributed by atoms with Crippen LogP contribution in [-0.4, -0.2) is 34.4 Å². The average molecular weight is 461 g/mol. The van der Waals surface area contributed by atoms with Crippen molar-refractivity contribution >= 4 is 18.8 Å². The molecule has 4 rings (SSSR count). The number of halogens is 1. The van der Waals surface area contributed by atoms with Gasteiger partial charge in [-0.1, -0.05) is 12.1 Å². The number of ether oxygens (including phenoxy) is 1. The second-order valence-corrected chi connectivity index (χ2v) is 7.50. The number of aromatic nitrogens is 1. The molecule has 1 heterocycles. The van der Waals surface area contributed by atoms with Crippen molar-refractivity contribution in [3.8, 4) is 28.5 Å². The summed E-state index contributed by atoms with van der Waals surface area (Å²) in [5.74, 6) is -1.22. The quantitative estimate of drug-likeness (QED) is 0.409. The third-order valence-electron chi connectivity index (χ3n) is 5.63. The molecule has 0 atom stereocenters.